The Balaban J connectivity index is 1.70. The lowest BCUT2D eigenvalue weighted by atomic mass is 9.79. The van der Waals surface area contributed by atoms with Crippen LogP contribution >= 0.6 is 0 Å². The van der Waals surface area contributed by atoms with E-state index in [2.05, 4.69) is 21.2 Å². The van der Waals surface area contributed by atoms with Gasteiger partial charge in [-0.15, -0.1) is 0 Å². The minimum absolute atomic E-state index is 0.455. The van der Waals surface area contributed by atoms with Crippen molar-refractivity contribution < 1.29 is 9.63 Å². The third kappa shape index (κ3) is 3.17. The minimum Gasteiger partial charge on any atom is -0.376 e. The molecule has 1 aliphatic carbocycles. The molecule has 1 fully saturated rings. The molecule has 3 aromatic heterocycles. The van der Waals surface area contributed by atoms with Crippen molar-refractivity contribution in [2.75, 3.05) is 0 Å². The van der Waals surface area contributed by atoms with Crippen LogP contribution in [0.15, 0.2) is 71.5 Å². The van der Waals surface area contributed by atoms with Crippen LogP contribution in [-0.4, -0.2) is 25.2 Å². The molecule has 2 N–H and O–H groups in total. The van der Waals surface area contributed by atoms with Gasteiger partial charge in [-0.2, -0.15) is 0 Å². The summed E-state index contributed by atoms with van der Waals surface area (Å²) in [6.07, 6.45) is 5.70. The lowest BCUT2D eigenvalue weighted by Gasteiger charge is -2.30. The van der Waals surface area contributed by atoms with E-state index in [0.717, 1.165) is 57.8 Å². The predicted molar refractivity (Wildman–Crippen MR) is 126 cm³/mol. The summed E-state index contributed by atoms with van der Waals surface area (Å²) in [5.41, 5.74) is 5.03. The lowest BCUT2D eigenvalue weighted by Crippen LogP contribution is -2.29. The van der Waals surface area contributed by atoms with E-state index >= 15 is 0 Å². The molecule has 0 saturated heterocycles. The maximum Gasteiger partial charge on any atom is 0.144 e. The van der Waals surface area contributed by atoms with Crippen molar-refractivity contribution in [3.63, 3.8) is 0 Å². The average Bonchev–Trinajstić information content (AvgIpc) is 3.53. The van der Waals surface area contributed by atoms with E-state index in [9.17, 15) is 5.11 Å². The zero-order chi connectivity index (χ0) is 22.6. The Kier molecular flexibility index (Phi) is 4.45. The first-order chi connectivity index (χ1) is 16.1. The van der Waals surface area contributed by atoms with Gasteiger partial charge in [0, 0.05) is 35.0 Å². The molecule has 0 radical (unpaired) electrons. The van der Waals surface area contributed by atoms with Crippen molar-refractivity contribution >= 4 is 11.0 Å². The Labute approximate surface area is 191 Å². The highest BCUT2D eigenvalue weighted by Crippen LogP contribution is 2.44. The van der Waals surface area contributed by atoms with Crippen molar-refractivity contribution in [2.45, 2.75) is 38.2 Å². The molecule has 0 bridgehead atoms. The summed E-state index contributed by atoms with van der Waals surface area (Å²) in [5.74, 6) is 2.17. The summed E-state index contributed by atoms with van der Waals surface area (Å²) < 4.78 is 5.46. The van der Waals surface area contributed by atoms with Gasteiger partial charge in [-0.3, -0.25) is 4.98 Å². The Hall–Kier alpha value is -3.77. The number of rotatable bonds is 5. The molecule has 6 heteroatoms. The quantitative estimate of drug-likeness (QED) is 0.386. The number of aromatic amines is 1. The number of aryl methyl sites for hydroxylation is 2. The van der Waals surface area contributed by atoms with Gasteiger partial charge in [-0.25, -0.2) is 4.98 Å². The number of nitrogens with one attached hydrogen (secondary N) is 1. The summed E-state index contributed by atoms with van der Waals surface area (Å²) in [6.45, 7) is 3.84. The first-order valence-electron chi connectivity index (χ1n) is 11.2. The maximum atomic E-state index is 12.5. The number of benzene rings is 2. The fraction of sp³-hybridized carbons (Fsp3) is 0.222. The highest BCUT2D eigenvalue weighted by atomic mass is 16.5. The van der Waals surface area contributed by atoms with Gasteiger partial charge in [0.1, 0.15) is 17.2 Å². The molecule has 33 heavy (non-hydrogen) atoms. The molecule has 6 nitrogen and oxygen atoms in total. The second kappa shape index (κ2) is 7.39. The zero-order valence-corrected chi connectivity index (χ0v) is 18.5. The SMILES string of the molecule is Cc1noc(C)c1-c1cc(C(O)(c2ccccc2)c2cccnc2)c2nc(C3CC3)[nH]c2c1. The van der Waals surface area contributed by atoms with Crippen LogP contribution in [0.5, 0.6) is 0 Å². The van der Waals surface area contributed by atoms with Crippen LogP contribution in [0.3, 0.4) is 0 Å². The van der Waals surface area contributed by atoms with E-state index < -0.39 is 5.60 Å². The van der Waals surface area contributed by atoms with E-state index in [4.69, 9.17) is 9.51 Å². The molecule has 1 atom stereocenters. The molecule has 1 saturated carbocycles. The van der Waals surface area contributed by atoms with Gasteiger partial charge in [0.15, 0.2) is 0 Å². The highest BCUT2D eigenvalue weighted by Gasteiger charge is 2.38. The smallest absolute Gasteiger partial charge is 0.144 e. The van der Waals surface area contributed by atoms with Gasteiger partial charge in [0.25, 0.3) is 0 Å². The first-order valence-corrected chi connectivity index (χ1v) is 11.2. The topological polar surface area (TPSA) is 87.8 Å². The summed E-state index contributed by atoms with van der Waals surface area (Å²) in [7, 11) is 0. The maximum absolute atomic E-state index is 12.5. The molecule has 0 aliphatic heterocycles. The number of fused-ring (bicyclic) bond motifs is 1. The van der Waals surface area contributed by atoms with Crippen molar-refractivity contribution in [2.24, 2.45) is 0 Å². The molecule has 1 aliphatic rings. The molecule has 2 aromatic carbocycles. The van der Waals surface area contributed by atoms with Gasteiger partial charge >= 0.3 is 0 Å². The van der Waals surface area contributed by atoms with Crippen molar-refractivity contribution in [3.8, 4) is 11.1 Å². The van der Waals surface area contributed by atoms with Gasteiger partial charge < -0.3 is 14.6 Å². The molecule has 0 amide bonds. The minimum atomic E-state index is -1.45. The molecule has 6 rings (SSSR count). The largest absolute Gasteiger partial charge is 0.376 e. The molecular formula is C27H24N4O2. The van der Waals surface area contributed by atoms with Crippen molar-refractivity contribution in [1.29, 1.82) is 0 Å². The lowest BCUT2D eigenvalue weighted by molar-refractivity contribution is 0.127. The number of H-pyrrole nitrogens is 1. The number of aromatic nitrogens is 4. The molecule has 3 heterocycles. The summed E-state index contributed by atoms with van der Waals surface area (Å²) >= 11 is 0. The summed E-state index contributed by atoms with van der Waals surface area (Å²) in [6, 6.07) is 17.6. The normalized spacial score (nSPS) is 15.6. The number of aliphatic hydroxyl groups is 1. The standard InChI is InChI=1S/C27H24N4O2/c1-16-24(17(2)33-31-16)19-13-22(25-23(14-19)29-26(30-25)18-10-11-18)27(32,20-7-4-3-5-8-20)21-9-6-12-28-15-21/h3-9,12-15,18,32H,10-11H2,1-2H3,(H,29,30). The molecule has 0 spiro atoms. The van der Waals surface area contributed by atoms with Crippen molar-refractivity contribution in [3.05, 3.63) is 101 Å². The van der Waals surface area contributed by atoms with Gasteiger partial charge in [-0.05, 0) is 56.0 Å². The number of imidazole rings is 1. The third-order valence-corrected chi connectivity index (χ3v) is 6.55. The zero-order valence-electron chi connectivity index (χ0n) is 18.5. The Morgan fingerprint density at radius 2 is 1.82 bits per heavy atom. The van der Waals surface area contributed by atoms with E-state index in [1.807, 2.05) is 62.4 Å². The predicted octanol–water partition coefficient (Wildman–Crippen LogP) is 5.39. The number of nitrogens with zero attached hydrogens (tertiary/aromatic N) is 3. The van der Waals surface area contributed by atoms with Crippen LogP contribution in [0.4, 0.5) is 0 Å². The number of hydrogen-bond donors (Lipinski definition) is 2. The Bertz CT molecular complexity index is 1390. The van der Waals surface area contributed by atoms with Crippen molar-refractivity contribution in [1.82, 2.24) is 20.1 Å². The second-order valence-electron chi connectivity index (χ2n) is 8.83. The average molecular weight is 437 g/mol. The first kappa shape index (κ1) is 19.9. The molecular weight excluding hydrogens is 412 g/mol. The van der Waals surface area contributed by atoms with E-state index in [0.29, 0.717) is 17.0 Å². The monoisotopic (exact) mass is 436 g/mol. The van der Waals surface area contributed by atoms with Crippen LogP contribution in [0, 0.1) is 13.8 Å². The van der Waals surface area contributed by atoms with E-state index in [-0.39, 0.29) is 0 Å². The second-order valence-corrected chi connectivity index (χ2v) is 8.83. The van der Waals surface area contributed by atoms with Crippen LogP contribution in [0.2, 0.25) is 0 Å². The Morgan fingerprint density at radius 3 is 2.48 bits per heavy atom. The number of pyridine rings is 1. The van der Waals surface area contributed by atoms with Crippen LogP contribution in [0.25, 0.3) is 22.2 Å². The van der Waals surface area contributed by atoms with Gasteiger partial charge in [0.05, 0.1) is 16.7 Å². The van der Waals surface area contributed by atoms with Gasteiger partial charge in [-0.1, -0.05) is 41.6 Å². The van der Waals surface area contributed by atoms with E-state index in [1.165, 1.54) is 0 Å². The van der Waals surface area contributed by atoms with E-state index in [1.54, 1.807) is 12.4 Å². The third-order valence-electron chi connectivity index (χ3n) is 6.55. The van der Waals surface area contributed by atoms with Crippen LogP contribution in [-0.2, 0) is 5.60 Å². The fourth-order valence-corrected chi connectivity index (χ4v) is 4.74. The highest BCUT2D eigenvalue weighted by molar-refractivity contribution is 5.88. The number of hydrogen-bond acceptors (Lipinski definition) is 5. The Morgan fingerprint density at radius 1 is 1.03 bits per heavy atom. The molecule has 5 aromatic rings. The molecule has 164 valence electrons. The van der Waals surface area contributed by atoms with Crippen LogP contribution in [0.1, 0.15) is 52.7 Å². The molecule has 1 unspecified atom stereocenters. The van der Waals surface area contributed by atoms with Gasteiger partial charge in [0.2, 0.25) is 0 Å². The fourth-order valence-electron chi connectivity index (χ4n) is 4.74. The van der Waals surface area contributed by atoms with Crippen LogP contribution < -0.4 is 0 Å². The summed E-state index contributed by atoms with van der Waals surface area (Å²) in [4.78, 5) is 12.8. The summed E-state index contributed by atoms with van der Waals surface area (Å²) in [5, 5.41) is 16.7.